The number of Topliss-reactive ketones (excluding diaryl/α,β-unsaturated/α-hetero) is 1. The second-order valence-corrected chi connectivity index (χ2v) is 16.1. The van der Waals surface area contributed by atoms with Crippen molar-refractivity contribution in [1.82, 2.24) is 4.90 Å². The van der Waals surface area contributed by atoms with Crippen molar-refractivity contribution < 1.29 is 53.1 Å². The number of hydrogen-bond acceptors (Lipinski definition) is 13. The molecule has 0 amide bonds. The van der Waals surface area contributed by atoms with Crippen LogP contribution in [0.15, 0.2) is 41.1 Å². The van der Waals surface area contributed by atoms with Crippen LogP contribution in [0.4, 0.5) is 0 Å². The molecule has 4 rings (SSSR count). The summed E-state index contributed by atoms with van der Waals surface area (Å²) in [5, 5.41) is 28.6. The Morgan fingerprint density at radius 2 is 1.72 bits per heavy atom. The monoisotopic (exact) mass is 760 g/mol. The molecule has 3 aliphatic heterocycles. The summed E-state index contributed by atoms with van der Waals surface area (Å²) in [5.74, 6) is -4.34. The summed E-state index contributed by atoms with van der Waals surface area (Å²) in [4.78, 5) is 35.9. The number of likely N-dealkylation sites (N-methyl/N-ethyl adjacent to an activating group) is 1. The number of rotatable bonds is 8. The minimum atomic E-state index is -1.74. The van der Waals surface area contributed by atoms with Crippen molar-refractivity contribution >= 4 is 23.5 Å². The van der Waals surface area contributed by atoms with Gasteiger partial charge in [-0.05, 0) is 72.2 Å². The molecule has 13 atom stereocenters. The molecule has 1 aromatic carbocycles. The fourth-order valence-corrected chi connectivity index (χ4v) is 8.37. The zero-order chi connectivity index (χ0) is 40.0. The quantitative estimate of drug-likeness (QED) is 0.125. The minimum absolute atomic E-state index is 0.0456. The lowest BCUT2D eigenvalue weighted by molar-refractivity contribution is -0.296. The van der Waals surface area contributed by atoms with E-state index in [-0.39, 0.29) is 45.0 Å². The standard InChI is InChI=1S/C41H64N2O11/c1-12-32-41(8,47)37-26(4)33(42-51-23-48-11)24(2)20-40(7,50-22-30(21-49-37)19-29-16-14-13-15-17-29)36(27(5)34(44)28(6)38(46)53-32)54-39-35(45)31(43(9)10)18-25(3)52-39/h13-17,19,24-28,31-32,35-37,39,45,47H,12,18,20-23H2,1-11H3/b30-19-,42-33+/t24?,25-,26?,27+,28-,31+,32+,35?,36?,37?,39+,40-,41-/m1/s1. The van der Waals surface area contributed by atoms with Gasteiger partial charge in [0, 0.05) is 30.9 Å². The summed E-state index contributed by atoms with van der Waals surface area (Å²) < 4.78 is 38.0. The lowest BCUT2D eigenvalue weighted by atomic mass is 9.74. The Hall–Kier alpha value is -2.75. The number of hydrogen-bond donors (Lipinski definition) is 2. The highest BCUT2D eigenvalue weighted by Gasteiger charge is 2.53. The number of cyclic esters (lactones) is 1. The molecule has 0 saturated carbocycles. The molecule has 0 aliphatic carbocycles. The highest BCUT2D eigenvalue weighted by molar-refractivity contribution is 6.00. The first-order valence-electron chi connectivity index (χ1n) is 19.3. The molecule has 3 aliphatic rings. The highest BCUT2D eigenvalue weighted by atomic mass is 16.7. The molecule has 2 N–H and O–H groups in total. The van der Waals surface area contributed by atoms with Crippen molar-refractivity contribution in [2.45, 2.75) is 129 Å². The topological polar surface area (TPSA) is 155 Å². The number of oxime groups is 1. The van der Waals surface area contributed by atoms with Crippen LogP contribution in [-0.4, -0.2) is 128 Å². The number of esters is 1. The maximum absolute atomic E-state index is 14.5. The van der Waals surface area contributed by atoms with Gasteiger partial charge in [-0.25, -0.2) is 0 Å². The Morgan fingerprint density at radius 3 is 2.35 bits per heavy atom. The number of nitrogens with zero attached hydrogens (tertiary/aromatic N) is 2. The smallest absolute Gasteiger partial charge is 0.316 e. The number of aliphatic hydroxyl groups is 2. The molecular weight excluding hydrogens is 696 g/mol. The second kappa shape index (κ2) is 18.9. The molecule has 3 saturated heterocycles. The van der Waals surface area contributed by atoms with Gasteiger partial charge in [0.15, 0.2) is 12.1 Å². The van der Waals surface area contributed by atoms with Gasteiger partial charge in [0.05, 0.1) is 42.8 Å². The molecule has 0 radical (unpaired) electrons. The first-order chi connectivity index (χ1) is 25.4. The second-order valence-electron chi connectivity index (χ2n) is 16.1. The number of ether oxygens (including phenoxy) is 6. The van der Waals surface area contributed by atoms with Gasteiger partial charge in [0.25, 0.3) is 0 Å². The van der Waals surface area contributed by atoms with E-state index in [4.69, 9.17) is 33.3 Å². The van der Waals surface area contributed by atoms with Gasteiger partial charge in [-0.2, -0.15) is 0 Å². The maximum Gasteiger partial charge on any atom is 0.316 e. The summed E-state index contributed by atoms with van der Waals surface area (Å²) in [5.41, 5.74) is -0.777. The summed E-state index contributed by atoms with van der Waals surface area (Å²) in [7, 11) is 5.28. The van der Waals surface area contributed by atoms with Crippen molar-refractivity contribution in [3.05, 3.63) is 41.5 Å². The lowest BCUT2D eigenvalue weighted by Gasteiger charge is -2.47. The Kier molecular flexibility index (Phi) is 15.4. The number of methoxy groups -OCH3 is 1. The number of ketones is 1. The summed E-state index contributed by atoms with van der Waals surface area (Å²) in [6.45, 7) is 14.3. The predicted molar refractivity (Wildman–Crippen MR) is 203 cm³/mol. The number of carbonyl (C=O) groups is 2. The van der Waals surface area contributed by atoms with Crippen LogP contribution in [0, 0.1) is 23.7 Å². The number of fused-ring (bicyclic) bond motifs is 5. The average Bonchev–Trinajstić information content (AvgIpc) is 3.14. The van der Waals surface area contributed by atoms with Crippen molar-refractivity contribution in [2.75, 3.05) is 41.2 Å². The summed E-state index contributed by atoms with van der Waals surface area (Å²) >= 11 is 0. The summed E-state index contributed by atoms with van der Waals surface area (Å²) in [6.07, 6.45) is -2.39. The third kappa shape index (κ3) is 10.2. The molecule has 2 bridgehead atoms. The van der Waals surface area contributed by atoms with Gasteiger partial charge in [0.1, 0.15) is 23.7 Å². The van der Waals surface area contributed by atoms with E-state index in [0.29, 0.717) is 12.1 Å². The third-order valence-corrected chi connectivity index (χ3v) is 11.4. The van der Waals surface area contributed by atoms with Crippen LogP contribution >= 0.6 is 0 Å². The molecule has 54 heavy (non-hydrogen) atoms. The molecule has 13 heteroatoms. The Morgan fingerprint density at radius 1 is 1.04 bits per heavy atom. The van der Waals surface area contributed by atoms with E-state index in [0.717, 1.165) is 11.1 Å². The molecule has 0 aromatic heterocycles. The van der Waals surface area contributed by atoms with Gasteiger partial charge in [-0.1, -0.05) is 69.3 Å². The number of benzene rings is 1. The van der Waals surface area contributed by atoms with E-state index >= 15 is 0 Å². The molecule has 3 fully saturated rings. The van der Waals surface area contributed by atoms with Crippen LogP contribution in [0.1, 0.15) is 80.2 Å². The predicted octanol–water partition coefficient (Wildman–Crippen LogP) is 4.62. The first kappa shape index (κ1) is 44.0. The lowest BCUT2D eigenvalue weighted by Crippen LogP contribution is -2.60. The average molecular weight is 761 g/mol. The maximum atomic E-state index is 14.5. The third-order valence-electron chi connectivity index (χ3n) is 11.4. The van der Waals surface area contributed by atoms with Crippen LogP contribution in [0.3, 0.4) is 0 Å². The van der Waals surface area contributed by atoms with Crippen molar-refractivity contribution in [3.8, 4) is 0 Å². The van der Waals surface area contributed by atoms with Crippen molar-refractivity contribution in [1.29, 1.82) is 0 Å². The van der Waals surface area contributed by atoms with Crippen LogP contribution in [0.5, 0.6) is 0 Å². The van der Waals surface area contributed by atoms with Gasteiger partial charge >= 0.3 is 5.97 Å². The minimum Gasteiger partial charge on any atom is -0.459 e. The van der Waals surface area contributed by atoms with Crippen LogP contribution in [0.25, 0.3) is 6.08 Å². The zero-order valence-electron chi connectivity index (χ0n) is 34.0. The summed E-state index contributed by atoms with van der Waals surface area (Å²) in [6, 6.07) is 9.49. The van der Waals surface area contributed by atoms with E-state index < -0.39 is 77.3 Å². The van der Waals surface area contributed by atoms with Crippen LogP contribution in [-0.2, 0) is 42.8 Å². The van der Waals surface area contributed by atoms with E-state index in [1.54, 1.807) is 20.8 Å². The number of carbonyl (C=O) groups excluding carboxylic acids is 2. The van der Waals surface area contributed by atoms with Gasteiger partial charge in [-0.15, -0.1) is 0 Å². The first-order valence-corrected chi connectivity index (χ1v) is 19.3. The van der Waals surface area contributed by atoms with Crippen LogP contribution in [0.2, 0.25) is 0 Å². The van der Waals surface area contributed by atoms with E-state index in [1.807, 2.05) is 83.1 Å². The molecule has 0 spiro atoms. The van der Waals surface area contributed by atoms with Gasteiger partial charge in [-0.3, -0.25) is 9.59 Å². The molecular formula is C41H64N2O11. The van der Waals surface area contributed by atoms with Crippen LogP contribution < -0.4 is 0 Å². The largest absolute Gasteiger partial charge is 0.459 e. The molecule has 13 nitrogen and oxygen atoms in total. The van der Waals surface area contributed by atoms with E-state index in [9.17, 15) is 19.8 Å². The molecule has 3 heterocycles. The SMILES string of the molecule is CC[C@@H]1OC(=O)[C@H](C)C(=O)[C@H](C)C(O[C@@H]2O[C@H](C)C[C@H](N(C)C)C2O)[C@@]2(C)CC(C)/C(=N\OCOC)C(C)C(OC/C(=C/c3ccccc3)CO2)[C@]1(C)O. The fourth-order valence-electron chi connectivity index (χ4n) is 8.37. The Balaban J connectivity index is 1.98. The normalized spacial score (nSPS) is 40.5. The van der Waals surface area contributed by atoms with Gasteiger partial charge in [0.2, 0.25) is 6.79 Å². The molecule has 1 aromatic rings. The van der Waals surface area contributed by atoms with E-state index in [1.165, 1.54) is 14.0 Å². The van der Waals surface area contributed by atoms with Gasteiger partial charge < -0.3 is 48.4 Å². The molecule has 304 valence electrons. The Labute approximate surface area is 321 Å². The Bertz CT molecular complexity index is 1450. The number of aliphatic hydroxyl groups excluding tert-OH is 1. The molecule has 5 unspecified atom stereocenters. The van der Waals surface area contributed by atoms with Crippen molar-refractivity contribution in [3.63, 3.8) is 0 Å². The van der Waals surface area contributed by atoms with E-state index in [2.05, 4.69) is 5.16 Å². The fraction of sp³-hybridized carbons (Fsp3) is 0.732. The van der Waals surface area contributed by atoms with Crippen molar-refractivity contribution in [2.24, 2.45) is 28.8 Å². The highest BCUT2D eigenvalue weighted by Crippen LogP contribution is 2.40. The zero-order valence-corrected chi connectivity index (χ0v) is 34.0.